The molecule has 2 N–H and O–H groups in total. The Balaban J connectivity index is 1.92. The lowest BCUT2D eigenvalue weighted by Gasteiger charge is -2.05. The molecule has 1 aromatic heterocycles. The van der Waals surface area contributed by atoms with Gasteiger partial charge in [-0.2, -0.15) is 5.10 Å². The lowest BCUT2D eigenvalue weighted by atomic mass is 10.2. The molecule has 24 heavy (non-hydrogen) atoms. The van der Waals surface area contributed by atoms with E-state index in [-0.39, 0.29) is 16.5 Å². The van der Waals surface area contributed by atoms with Crippen molar-refractivity contribution >= 4 is 30.0 Å². The summed E-state index contributed by atoms with van der Waals surface area (Å²) in [4.78, 5) is 3.11. The minimum Gasteiger partial charge on any atom is -0.503 e. The predicted octanol–water partition coefficient (Wildman–Crippen LogP) is 4.46. The predicted molar refractivity (Wildman–Crippen MR) is 97.7 cm³/mol. The Morgan fingerprint density at radius 3 is 2.75 bits per heavy atom. The van der Waals surface area contributed by atoms with Crippen LogP contribution < -0.4 is 4.74 Å². The number of rotatable bonds is 4. The molecule has 0 aliphatic heterocycles. The number of benzene rings is 2. The summed E-state index contributed by atoms with van der Waals surface area (Å²) in [5.74, 6) is 0.188. The molecule has 1 heterocycles. The summed E-state index contributed by atoms with van der Waals surface area (Å²) in [5.41, 5.74) is 2.57. The van der Waals surface area contributed by atoms with Crippen LogP contribution in [0.2, 0.25) is 5.02 Å². The van der Waals surface area contributed by atoms with E-state index in [9.17, 15) is 5.11 Å². The number of nitrogens with one attached hydrogen (secondary N) is 1. The molecule has 0 fully saturated rings. The molecule has 0 spiro atoms. The fourth-order valence-corrected chi connectivity index (χ4v) is 2.62. The molecule has 0 saturated carbocycles. The van der Waals surface area contributed by atoms with Crippen LogP contribution in [0.4, 0.5) is 0 Å². The highest BCUT2D eigenvalue weighted by atomic mass is 35.5. The number of aromatic nitrogens is 2. The van der Waals surface area contributed by atoms with Crippen molar-refractivity contribution < 1.29 is 9.84 Å². The SMILES string of the molecule is COc1cc(/C=N/n2cc(-c3ccccc3)[nH]c2=S)cc(Cl)c1O. The molecule has 0 bridgehead atoms. The van der Waals surface area contributed by atoms with Crippen molar-refractivity contribution in [2.45, 2.75) is 0 Å². The van der Waals surface area contributed by atoms with Crippen molar-refractivity contribution in [2.75, 3.05) is 7.11 Å². The molecule has 3 rings (SSSR count). The van der Waals surface area contributed by atoms with Gasteiger partial charge >= 0.3 is 0 Å². The molecular weight excluding hydrogens is 346 g/mol. The van der Waals surface area contributed by atoms with Crippen LogP contribution in [0.25, 0.3) is 11.3 Å². The largest absolute Gasteiger partial charge is 0.503 e. The summed E-state index contributed by atoms with van der Waals surface area (Å²) < 4.78 is 7.11. The third-order valence-corrected chi connectivity index (χ3v) is 3.96. The summed E-state index contributed by atoms with van der Waals surface area (Å²) >= 11 is 11.3. The van der Waals surface area contributed by atoms with Gasteiger partial charge in [-0.3, -0.25) is 0 Å². The van der Waals surface area contributed by atoms with Crippen molar-refractivity contribution in [2.24, 2.45) is 5.10 Å². The standard InChI is InChI=1S/C17H14ClN3O2S/c1-23-15-8-11(7-13(18)16(15)22)9-19-21-10-14(20-17(21)24)12-5-3-2-4-6-12/h2-10,22H,1H3,(H,20,24)/b19-9+. The normalized spacial score (nSPS) is 11.1. The second-order valence-electron chi connectivity index (χ2n) is 4.98. The third-order valence-electron chi connectivity index (χ3n) is 3.39. The fraction of sp³-hybridized carbons (Fsp3) is 0.0588. The van der Waals surface area contributed by atoms with Crippen LogP contribution in [0.15, 0.2) is 53.8 Å². The Morgan fingerprint density at radius 1 is 1.29 bits per heavy atom. The smallest absolute Gasteiger partial charge is 0.198 e. The molecule has 0 aliphatic rings. The number of halogens is 1. The highest BCUT2D eigenvalue weighted by Crippen LogP contribution is 2.34. The second-order valence-corrected chi connectivity index (χ2v) is 5.78. The van der Waals surface area contributed by atoms with E-state index < -0.39 is 0 Å². The molecular formula is C17H14ClN3O2S. The van der Waals surface area contributed by atoms with Crippen molar-refractivity contribution in [1.29, 1.82) is 0 Å². The van der Waals surface area contributed by atoms with Gasteiger partial charge < -0.3 is 14.8 Å². The molecule has 0 radical (unpaired) electrons. The van der Waals surface area contributed by atoms with Gasteiger partial charge in [0, 0.05) is 0 Å². The van der Waals surface area contributed by atoms with Gasteiger partial charge in [-0.25, -0.2) is 4.68 Å². The van der Waals surface area contributed by atoms with Crippen LogP contribution in [0.3, 0.4) is 0 Å². The van der Waals surface area contributed by atoms with Crippen LogP contribution in [0, 0.1) is 4.77 Å². The molecule has 0 atom stereocenters. The van der Waals surface area contributed by atoms with Gasteiger partial charge in [-0.1, -0.05) is 41.9 Å². The summed E-state index contributed by atoms with van der Waals surface area (Å²) in [6.45, 7) is 0. The fourth-order valence-electron chi connectivity index (χ4n) is 2.19. The van der Waals surface area contributed by atoms with Gasteiger partial charge in [0.15, 0.2) is 16.3 Å². The molecule has 0 aliphatic carbocycles. The van der Waals surface area contributed by atoms with E-state index in [0.717, 1.165) is 11.3 Å². The molecule has 7 heteroatoms. The Bertz CT molecular complexity index is 948. The van der Waals surface area contributed by atoms with Gasteiger partial charge in [0.05, 0.1) is 30.2 Å². The van der Waals surface area contributed by atoms with Crippen molar-refractivity contribution in [3.05, 3.63) is 64.0 Å². The van der Waals surface area contributed by atoms with Gasteiger partial charge in [-0.05, 0) is 35.5 Å². The quantitative estimate of drug-likeness (QED) is 0.534. The maximum absolute atomic E-state index is 9.75. The topological polar surface area (TPSA) is 62.5 Å². The highest BCUT2D eigenvalue weighted by Gasteiger charge is 2.08. The maximum Gasteiger partial charge on any atom is 0.198 e. The van der Waals surface area contributed by atoms with Crippen molar-refractivity contribution in [1.82, 2.24) is 9.66 Å². The number of hydrogen-bond acceptors (Lipinski definition) is 4. The van der Waals surface area contributed by atoms with Gasteiger partial charge in [0.2, 0.25) is 0 Å². The summed E-state index contributed by atoms with van der Waals surface area (Å²) in [6, 6.07) is 13.1. The second kappa shape index (κ2) is 6.90. The number of hydrogen-bond donors (Lipinski definition) is 2. The average molecular weight is 360 g/mol. The number of phenolic OH excluding ortho intramolecular Hbond substituents is 1. The lowest BCUT2D eigenvalue weighted by molar-refractivity contribution is 0.373. The number of aromatic amines is 1. The number of imidazole rings is 1. The Kier molecular flexibility index (Phi) is 4.69. The molecule has 2 aromatic carbocycles. The van der Waals surface area contributed by atoms with E-state index in [0.29, 0.717) is 10.3 Å². The first-order chi connectivity index (χ1) is 11.6. The zero-order chi connectivity index (χ0) is 17.1. The first kappa shape index (κ1) is 16.3. The lowest BCUT2D eigenvalue weighted by Crippen LogP contribution is -1.91. The minimum atomic E-state index is -0.0964. The first-order valence-corrected chi connectivity index (χ1v) is 7.85. The number of aromatic hydroxyl groups is 1. The summed E-state index contributed by atoms with van der Waals surface area (Å²) in [7, 11) is 1.46. The number of methoxy groups -OCH3 is 1. The van der Waals surface area contributed by atoms with Gasteiger partial charge in [-0.15, -0.1) is 0 Å². The average Bonchev–Trinajstić information content (AvgIpc) is 2.97. The monoisotopic (exact) mass is 359 g/mol. The Hall–Kier alpha value is -2.57. The molecule has 0 unspecified atom stereocenters. The van der Waals surface area contributed by atoms with Crippen LogP contribution >= 0.6 is 23.8 Å². The summed E-state index contributed by atoms with van der Waals surface area (Å²) in [6.07, 6.45) is 3.40. The Labute approximate surface area is 148 Å². The van der Waals surface area contributed by atoms with E-state index in [1.807, 2.05) is 36.5 Å². The molecule has 0 saturated heterocycles. The zero-order valence-corrected chi connectivity index (χ0v) is 14.3. The maximum atomic E-state index is 9.75. The minimum absolute atomic E-state index is 0.0964. The van der Waals surface area contributed by atoms with E-state index in [4.69, 9.17) is 28.6 Å². The number of nitrogens with zero attached hydrogens (tertiary/aromatic N) is 2. The van der Waals surface area contributed by atoms with Crippen molar-refractivity contribution in [3.63, 3.8) is 0 Å². The van der Waals surface area contributed by atoms with Gasteiger partial charge in [0.25, 0.3) is 0 Å². The number of phenols is 1. The van der Waals surface area contributed by atoms with Crippen LogP contribution in [0.5, 0.6) is 11.5 Å². The third kappa shape index (κ3) is 3.34. The van der Waals surface area contributed by atoms with Crippen LogP contribution in [-0.2, 0) is 0 Å². The molecule has 0 amide bonds. The molecule has 5 nitrogen and oxygen atoms in total. The van der Waals surface area contributed by atoms with Crippen molar-refractivity contribution in [3.8, 4) is 22.8 Å². The number of ether oxygens (including phenoxy) is 1. The van der Waals surface area contributed by atoms with E-state index in [1.165, 1.54) is 7.11 Å². The van der Waals surface area contributed by atoms with Crippen LogP contribution in [-0.4, -0.2) is 28.1 Å². The van der Waals surface area contributed by atoms with E-state index >= 15 is 0 Å². The summed E-state index contributed by atoms with van der Waals surface area (Å²) in [5, 5.41) is 14.3. The van der Waals surface area contributed by atoms with E-state index in [1.54, 1.807) is 23.0 Å². The molecule has 3 aromatic rings. The Morgan fingerprint density at radius 2 is 2.04 bits per heavy atom. The van der Waals surface area contributed by atoms with E-state index in [2.05, 4.69) is 10.1 Å². The number of H-pyrrole nitrogens is 1. The van der Waals surface area contributed by atoms with Crippen LogP contribution in [0.1, 0.15) is 5.56 Å². The van der Waals surface area contributed by atoms with Gasteiger partial charge in [0.1, 0.15) is 0 Å². The first-order valence-electron chi connectivity index (χ1n) is 7.06. The molecule has 122 valence electrons. The zero-order valence-electron chi connectivity index (χ0n) is 12.7. The highest BCUT2D eigenvalue weighted by molar-refractivity contribution is 7.71.